The number of carbonyl (C=O) groups excluding carboxylic acids is 1. The van der Waals surface area contributed by atoms with E-state index in [1.54, 1.807) is 13.0 Å². The highest BCUT2D eigenvalue weighted by Crippen LogP contribution is 2.26. The van der Waals surface area contributed by atoms with Crippen LogP contribution >= 0.6 is 0 Å². The minimum atomic E-state index is -0.243. The summed E-state index contributed by atoms with van der Waals surface area (Å²) >= 11 is 0. The molecule has 1 aromatic heterocycles. The molecule has 0 bridgehead atoms. The third-order valence-electron chi connectivity index (χ3n) is 3.21. The van der Waals surface area contributed by atoms with Gasteiger partial charge in [-0.1, -0.05) is 37.2 Å². The van der Waals surface area contributed by atoms with Gasteiger partial charge in [0.15, 0.2) is 5.69 Å². The van der Waals surface area contributed by atoms with Crippen LogP contribution in [-0.4, -0.2) is 11.1 Å². The summed E-state index contributed by atoms with van der Waals surface area (Å²) in [6, 6.07) is 9.47. The normalized spacial score (nSPS) is 12.2. The highest BCUT2D eigenvalue weighted by molar-refractivity contribution is 6.03. The quantitative estimate of drug-likeness (QED) is 0.908. The molecule has 1 N–H and O–H groups in total. The van der Waals surface area contributed by atoms with Crippen LogP contribution in [0.25, 0.3) is 0 Å². The monoisotopic (exact) mass is 258 g/mol. The highest BCUT2D eigenvalue weighted by Gasteiger charge is 2.14. The Kier molecular flexibility index (Phi) is 4.00. The molecule has 0 saturated heterocycles. The summed E-state index contributed by atoms with van der Waals surface area (Å²) in [6.45, 7) is 6.03. The topological polar surface area (TPSA) is 55.1 Å². The van der Waals surface area contributed by atoms with Crippen molar-refractivity contribution in [1.29, 1.82) is 0 Å². The van der Waals surface area contributed by atoms with Crippen molar-refractivity contribution in [3.8, 4) is 0 Å². The van der Waals surface area contributed by atoms with Gasteiger partial charge in [-0.3, -0.25) is 4.79 Å². The molecule has 1 aromatic carbocycles. The van der Waals surface area contributed by atoms with E-state index in [9.17, 15) is 4.79 Å². The summed E-state index contributed by atoms with van der Waals surface area (Å²) in [5.74, 6) is 0.781. The lowest BCUT2D eigenvalue weighted by Crippen LogP contribution is -2.14. The number of para-hydroxylation sites is 1. The lowest BCUT2D eigenvalue weighted by atomic mass is 9.97. The molecule has 1 heterocycles. The molecule has 0 aliphatic rings. The van der Waals surface area contributed by atoms with E-state index in [1.807, 2.05) is 24.3 Å². The molecule has 2 rings (SSSR count). The zero-order chi connectivity index (χ0) is 13.8. The van der Waals surface area contributed by atoms with Crippen molar-refractivity contribution in [1.82, 2.24) is 5.16 Å². The lowest BCUT2D eigenvalue weighted by Gasteiger charge is -2.14. The number of hydrogen-bond donors (Lipinski definition) is 1. The van der Waals surface area contributed by atoms with Crippen LogP contribution in [0.3, 0.4) is 0 Å². The van der Waals surface area contributed by atoms with Crippen LogP contribution in [0.4, 0.5) is 5.69 Å². The first-order valence-corrected chi connectivity index (χ1v) is 6.45. The first kappa shape index (κ1) is 13.3. The maximum absolute atomic E-state index is 12.1. The van der Waals surface area contributed by atoms with E-state index in [0.717, 1.165) is 17.7 Å². The molecular formula is C15H18N2O2. The summed E-state index contributed by atoms with van der Waals surface area (Å²) in [4.78, 5) is 12.1. The molecule has 0 radical (unpaired) electrons. The first-order chi connectivity index (χ1) is 9.11. The minimum Gasteiger partial charge on any atom is -0.361 e. The fourth-order valence-electron chi connectivity index (χ4n) is 1.92. The number of amides is 1. The molecule has 100 valence electrons. The molecule has 4 nitrogen and oxygen atoms in total. The lowest BCUT2D eigenvalue weighted by molar-refractivity contribution is 0.101. The fraction of sp³-hybridized carbons (Fsp3) is 0.333. The van der Waals surface area contributed by atoms with Crippen molar-refractivity contribution in [3.05, 3.63) is 47.3 Å². The summed E-state index contributed by atoms with van der Waals surface area (Å²) in [5, 5.41) is 6.61. The van der Waals surface area contributed by atoms with Gasteiger partial charge in [0.25, 0.3) is 5.91 Å². The number of hydrogen-bond acceptors (Lipinski definition) is 3. The molecule has 2 aromatic rings. The van der Waals surface area contributed by atoms with Crippen molar-refractivity contribution < 1.29 is 9.32 Å². The van der Waals surface area contributed by atoms with E-state index < -0.39 is 0 Å². The molecule has 19 heavy (non-hydrogen) atoms. The second kappa shape index (κ2) is 5.69. The van der Waals surface area contributed by atoms with E-state index in [-0.39, 0.29) is 5.91 Å². The van der Waals surface area contributed by atoms with Gasteiger partial charge in [-0.2, -0.15) is 0 Å². The van der Waals surface area contributed by atoms with Crippen molar-refractivity contribution in [3.63, 3.8) is 0 Å². The number of benzene rings is 1. The summed E-state index contributed by atoms with van der Waals surface area (Å²) in [5.41, 5.74) is 2.28. The number of rotatable bonds is 4. The van der Waals surface area contributed by atoms with Crippen LogP contribution in [0.5, 0.6) is 0 Å². The Balaban J connectivity index is 2.21. The van der Waals surface area contributed by atoms with Crippen molar-refractivity contribution in [2.75, 3.05) is 5.32 Å². The molecular weight excluding hydrogens is 240 g/mol. The molecule has 0 spiro atoms. The Morgan fingerprint density at radius 3 is 2.79 bits per heavy atom. The summed E-state index contributed by atoms with van der Waals surface area (Å²) in [7, 11) is 0. The van der Waals surface area contributed by atoms with Gasteiger partial charge in [0.05, 0.1) is 0 Å². The average Bonchev–Trinajstić information content (AvgIpc) is 2.85. The second-order valence-corrected chi connectivity index (χ2v) is 4.67. The van der Waals surface area contributed by atoms with Crippen LogP contribution in [0.2, 0.25) is 0 Å². The summed E-state index contributed by atoms with van der Waals surface area (Å²) in [6.07, 6.45) is 1.02. The Bertz CT molecular complexity index is 575. The fourth-order valence-corrected chi connectivity index (χ4v) is 1.92. The number of aryl methyl sites for hydroxylation is 1. The van der Waals surface area contributed by atoms with Crippen LogP contribution < -0.4 is 5.32 Å². The van der Waals surface area contributed by atoms with Gasteiger partial charge in [-0.25, -0.2) is 0 Å². The Morgan fingerprint density at radius 1 is 1.42 bits per heavy atom. The van der Waals surface area contributed by atoms with Gasteiger partial charge in [-0.15, -0.1) is 0 Å². The van der Waals surface area contributed by atoms with Crippen LogP contribution in [0, 0.1) is 6.92 Å². The van der Waals surface area contributed by atoms with Crippen molar-refractivity contribution >= 4 is 11.6 Å². The molecule has 4 heteroatoms. The Labute approximate surface area is 112 Å². The second-order valence-electron chi connectivity index (χ2n) is 4.67. The van der Waals surface area contributed by atoms with E-state index >= 15 is 0 Å². The smallest absolute Gasteiger partial charge is 0.277 e. The molecule has 0 aliphatic heterocycles. The van der Waals surface area contributed by atoms with Gasteiger partial charge in [-0.05, 0) is 30.9 Å². The zero-order valence-electron chi connectivity index (χ0n) is 11.4. The average molecular weight is 258 g/mol. The standard InChI is InChI=1S/C15H18N2O2/c1-4-10(2)12-7-5-6-8-13(12)16-15(18)14-9-11(3)19-17-14/h5-10H,4H2,1-3H3,(H,16,18). The third-order valence-corrected chi connectivity index (χ3v) is 3.21. The van der Waals surface area contributed by atoms with Crippen LogP contribution in [0.1, 0.15) is 48.0 Å². The first-order valence-electron chi connectivity index (χ1n) is 6.45. The Morgan fingerprint density at radius 2 is 2.16 bits per heavy atom. The predicted molar refractivity (Wildman–Crippen MR) is 74.3 cm³/mol. The van der Waals surface area contributed by atoms with Gasteiger partial charge in [0.1, 0.15) is 5.76 Å². The number of nitrogens with zero attached hydrogens (tertiary/aromatic N) is 1. The zero-order valence-corrected chi connectivity index (χ0v) is 11.4. The highest BCUT2D eigenvalue weighted by atomic mass is 16.5. The van der Waals surface area contributed by atoms with Gasteiger partial charge in [0.2, 0.25) is 0 Å². The van der Waals surface area contributed by atoms with E-state index in [2.05, 4.69) is 24.3 Å². The molecule has 1 atom stereocenters. The van der Waals surface area contributed by atoms with E-state index in [4.69, 9.17) is 4.52 Å². The van der Waals surface area contributed by atoms with Crippen molar-refractivity contribution in [2.45, 2.75) is 33.1 Å². The van der Waals surface area contributed by atoms with Crippen LogP contribution in [0.15, 0.2) is 34.9 Å². The van der Waals surface area contributed by atoms with Gasteiger partial charge >= 0.3 is 0 Å². The van der Waals surface area contributed by atoms with E-state index in [1.165, 1.54) is 0 Å². The maximum atomic E-state index is 12.1. The maximum Gasteiger partial charge on any atom is 0.277 e. The van der Waals surface area contributed by atoms with Gasteiger partial charge < -0.3 is 9.84 Å². The number of anilines is 1. The molecule has 0 fully saturated rings. The summed E-state index contributed by atoms with van der Waals surface area (Å²) < 4.78 is 4.91. The Hall–Kier alpha value is -2.10. The number of nitrogens with one attached hydrogen (secondary N) is 1. The van der Waals surface area contributed by atoms with Gasteiger partial charge in [0, 0.05) is 11.8 Å². The molecule has 1 unspecified atom stereocenters. The number of carbonyl (C=O) groups is 1. The molecule has 1 amide bonds. The van der Waals surface area contributed by atoms with Crippen LogP contribution in [-0.2, 0) is 0 Å². The van der Waals surface area contributed by atoms with E-state index in [0.29, 0.717) is 17.4 Å². The van der Waals surface area contributed by atoms with Crippen molar-refractivity contribution in [2.24, 2.45) is 0 Å². The third kappa shape index (κ3) is 3.02. The SMILES string of the molecule is CCC(C)c1ccccc1NC(=O)c1cc(C)on1. The number of aromatic nitrogens is 1. The molecule has 0 aliphatic carbocycles. The molecule has 0 saturated carbocycles. The largest absolute Gasteiger partial charge is 0.361 e. The predicted octanol–water partition coefficient (Wildman–Crippen LogP) is 3.75. The minimum absolute atomic E-state index is 0.243.